The van der Waals surface area contributed by atoms with Crippen LogP contribution in [0.5, 0.6) is 0 Å². The van der Waals surface area contributed by atoms with E-state index < -0.39 is 0 Å². The predicted molar refractivity (Wildman–Crippen MR) is 67.4 cm³/mol. The summed E-state index contributed by atoms with van der Waals surface area (Å²) in [5.74, 6) is 1.29. The summed E-state index contributed by atoms with van der Waals surface area (Å²) in [5.41, 5.74) is 6.63. The Labute approximate surface area is 107 Å². The van der Waals surface area contributed by atoms with Crippen molar-refractivity contribution in [2.75, 3.05) is 6.54 Å². The van der Waals surface area contributed by atoms with Gasteiger partial charge in [0.05, 0.1) is 5.41 Å². The molecule has 0 amide bonds. The lowest BCUT2D eigenvalue weighted by atomic mass is 10.1. The van der Waals surface area contributed by atoms with Crippen molar-refractivity contribution in [3.63, 3.8) is 0 Å². The molecule has 1 aliphatic carbocycles. The van der Waals surface area contributed by atoms with Crippen LogP contribution in [0, 0.1) is 0 Å². The van der Waals surface area contributed by atoms with E-state index in [2.05, 4.69) is 26.1 Å². The van der Waals surface area contributed by atoms with Gasteiger partial charge < -0.3 is 10.3 Å². The van der Waals surface area contributed by atoms with Gasteiger partial charge in [0.2, 0.25) is 11.7 Å². The van der Waals surface area contributed by atoms with Gasteiger partial charge in [0, 0.05) is 16.6 Å². The van der Waals surface area contributed by atoms with E-state index in [4.69, 9.17) is 10.3 Å². The van der Waals surface area contributed by atoms with Gasteiger partial charge >= 0.3 is 0 Å². The number of nitrogens with two attached hydrogens (primary N) is 1. The fourth-order valence-electron chi connectivity index (χ4n) is 1.85. The molecule has 1 aliphatic rings. The highest BCUT2D eigenvalue weighted by atomic mass is 79.9. The van der Waals surface area contributed by atoms with E-state index in [0.717, 1.165) is 22.9 Å². The first-order valence-corrected chi connectivity index (χ1v) is 6.34. The van der Waals surface area contributed by atoms with Crippen LogP contribution < -0.4 is 5.73 Å². The minimum Gasteiger partial charge on any atom is -0.338 e. The third-order valence-electron chi connectivity index (χ3n) is 3.24. The molecule has 0 radical (unpaired) electrons. The smallest absolute Gasteiger partial charge is 0.234 e. The largest absolute Gasteiger partial charge is 0.338 e. The van der Waals surface area contributed by atoms with Crippen molar-refractivity contribution in [3.8, 4) is 11.4 Å². The van der Waals surface area contributed by atoms with Gasteiger partial charge in [-0.25, -0.2) is 0 Å². The van der Waals surface area contributed by atoms with Gasteiger partial charge in [0.1, 0.15) is 0 Å². The molecular weight excluding hydrogens is 282 g/mol. The van der Waals surface area contributed by atoms with E-state index >= 15 is 0 Å². The average Bonchev–Trinajstić information content (AvgIpc) is 3.00. The summed E-state index contributed by atoms with van der Waals surface area (Å²) in [5, 5.41) is 4.03. The van der Waals surface area contributed by atoms with Crippen molar-refractivity contribution in [2.24, 2.45) is 5.73 Å². The standard InChI is InChI=1S/C12H12BrN3O/c13-9-4-2-1-3-8(9)10-15-11(17-16-10)12(7-14)5-6-12/h1-4H,5-7,14H2. The zero-order valence-corrected chi connectivity index (χ0v) is 10.8. The maximum Gasteiger partial charge on any atom is 0.234 e. The van der Waals surface area contributed by atoms with E-state index in [0.29, 0.717) is 18.3 Å². The molecule has 1 saturated carbocycles. The second kappa shape index (κ2) is 3.92. The number of aromatic nitrogens is 2. The molecule has 1 heterocycles. The highest BCUT2D eigenvalue weighted by Gasteiger charge is 2.48. The van der Waals surface area contributed by atoms with Crippen molar-refractivity contribution in [2.45, 2.75) is 18.3 Å². The van der Waals surface area contributed by atoms with E-state index in [-0.39, 0.29) is 5.41 Å². The molecule has 4 nitrogen and oxygen atoms in total. The van der Waals surface area contributed by atoms with Crippen LogP contribution in [0.15, 0.2) is 33.3 Å². The maximum atomic E-state index is 5.74. The van der Waals surface area contributed by atoms with Crippen molar-refractivity contribution in [1.29, 1.82) is 0 Å². The third-order valence-corrected chi connectivity index (χ3v) is 3.93. The van der Waals surface area contributed by atoms with Crippen LogP contribution in [0.25, 0.3) is 11.4 Å². The number of rotatable bonds is 3. The van der Waals surface area contributed by atoms with Crippen LogP contribution in [0.1, 0.15) is 18.7 Å². The van der Waals surface area contributed by atoms with Gasteiger partial charge in [-0.3, -0.25) is 0 Å². The molecule has 3 rings (SSSR count). The number of benzene rings is 1. The van der Waals surface area contributed by atoms with Crippen molar-refractivity contribution in [3.05, 3.63) is 34.6 Å². The minimum atomic E-state index is -0.0491. The molecule has 0 unspecified atom stereocenters. The van der Waals surface area contributed by atoms with Gasteiger partial charge in [0.15, 0.2) is 0 Å². The zero-order chi connectivity index (χ0) is 11.9. The lowest BCUT2D eigenvalue weighted by molar-refractivity contribution is 0.347. The van der Waals surface area contributed by atoms with Gasteiger partial charge in [-0.05, 0) is 25.0 Å². The second-order valence-electron chi connectivity index (χ2n) is 4.39. The van der Waals surface area contributed by atoms with Gasteiger partial charge in [-0.1, -0.05) is 33.2 Å². The van der Waals surface area contributed by atoms with E-state index in [9.17, 15) is 0 Å². The molecule has 17 heavy (non-hydrogen) atoms. The molecule has 2 aromatic rings. The van der Waals surface area contributed by atoms with Crippen molar-refractivity contribution < 1.29 is 4.52 Å². The van der Waals surface area contributed by atoms with Crippen LogP contribution >= 0.6 is 15.9 Å². The number of hydrogen-bond donors (Lipinski definition) is 1. The summed E-state index contributed by atoms with van der Waals surface area (Å²) in [4.78, 5) is 4.46. The summed E-state index contributed by atoms with van der Waals surface area (Å²) >= 11 is 3.48. The fraction of sp³-hybridized carbons (Fsp3) is 0.333. The Morgan fingerprint density at radius 1 is 1.35 bits per heavy atom. The Kier molecular flexibility index (Phi) is 2.52. The summed E-state index contributed by atoms with van der Waals surface area (Å²) in [6.45, 7) is 0.574. The normalized spacial score (nSPS) is 17.1. The first kappa shape index (κ1) is 10.9. The van der Waals surface area contributed by atoms with Crippen LogP contribution in [-0.4, -0.2) is 16.7 Å². The Hall–Kier alpha value is -1.20. The van der Waals surface area contributed by atoms with Crippen molar-refractivity contribution >= 4 is 15.9 Å². The molecule has 1 fully saturated rings. The number of hydrogen-bond acceptors (Lipinski definition) is 4. The molecule has 1 aromatic carbocycles. The Balaban J connectivity index is 1.99. The van der Waals surface area contributed by atoms with Crippen LogP contribution in [0.3, 0.4) is 0 Å². The molecular formula is C12H12BrN3O. The molecule has 1 aromatic heterocycles. The lowest BCUT2D eigenvalue weighted by Crippen LogP contribution is -2.19. The van der Waals surface area contributed by atoms with Crippen LogP contribution in [-0.2, 0) is 5.41 Å². The predicted octanol–water partition coefficient (Wildman–Crippen LogP) is 2.49. The average molecular weight is 294 g/mol. The third kappa shape index (κ3) is 1.79. The second-order valence-corrected chi connectivity index (χ2v) is 5.24. The SMILES string of the molecule is NCC1(c2nc(-c3ccccc3Br)no2)CC1. The molecule has 88 valence electrons. The summed E-state index contributed by atoms with van der Waals surface area (Å²) < 4.78 is 6.29. The molecule has 0 atom stereocenters. The first-order valence-electron chi connectivity index (χ1n) is 5.54. The number of halogens is 1. The zero-order valence-electron chi connectivity index (χ0n) is 9.19. The van der Waals surface area contributed by atoms with E-state index in [1.54, 1.807) is 0 Å². The quantitative estimate of drug-likeness (QED) is 0.944. The first-order chi connectivity index (χ1) is 8.25. The summed E-state index contributed by atoms with van der Waals surface area (Å²) in [6.07, 6.45) is 2.09. The topological polar surface area (TPSA) is 64.9 Å². The van der Waals surface area contributed by atoms with E-state index in [1.807, 2.05) is 24.3 Å². The van der Waals surface area contributed by atoms with Gasteiger partial charge in [-0.15, -0.1) is 0 Å². The molecule has 0 bridgehead atoms. The van der Waals surface area contributed by atoms with E-state index in [1.165, 1.54) is 0 Å². The summed E-state index contributed by atoms with van der Waals surface area (Å²) in [7, 11) is 0. The lowest BCUT2D eigenvalue weighted by Gasteiger charge is -2.03. The molecule has 2 N–H and O–H groups in total. The summed E-state index contributed by atoms with van der Waals surface area (Å²) in [6, 6.07) is 7.82. The molecule has 0 saturated heterocycles. The maximum absolute atomic E-state index is 5.74. The van der Waals surface area contributed by atoms with Gasteiger partial charge in [-0.2, -0.15) is 4.98 Å². The van der Waals surface area contributed by atoms with Crippen LogP contribution in [0.2, 0.25) is 0 Å². The highest BCUT2D eigenvalue weighted by Crippen LogP contribution is 2.46. The molecule has 5 heteroatoms. The number of nitrogens with zero attached hydrogens (tertiary/aromatic N) is 2. The molecule has 0 aliphatic heterocycles. The van der Waals surface area contributed by atoms with Crippen LogP contribution in [0.4, 0.5) is 0 Å². The Morgan fingerprint density at radius 2 is 2.12 bits per heavy atom. The minimum absolute atomic E-state index is 0.0491. The Bertz CT molecular complexity index is 548. The van der Waals surface area contributed by atoms with Crippen molar-refractivity contribution in [1.82, 2.24) is 10.1 Å². The fourth-order valence-corrected chi connectivity index (χ4v) is 2.31. The highest BCUT2D eigenvalue weighted by molar-refractivity contribution is 9.10. The van der Waals surface area contributed by atoms with Gasteiger partial charge in [0.25, 0.3) is 0 Å². The monoisotopic (exact) mass is 293 g/mol. The molecule has 0 spiro atoms. The Morgan fingerprint density at radius 3 is 2.76 bits per heavy atom.